The molecule has 0 saturated carbocycles. The molecule has 0 aromatic carbocycles. The van der Waals surface area contributed by atoms with Crippen molar-refractivity contribution in [1.29, 1.82) is 0 Å². The highest BCUT2D eigenvalue weighted by molar-refractivity contribution is 5.69. The van der Waals surface area contributed by atoms with E-state index in [1.807, 2.05) is 13.8 Å². The average Bonchev–Trinajstić information content (AvgIpc) is 2.58. The molecule has 0 aromatic rings. The van der Waals surface area contributed by atoms with Gasteiger partial charge in [0.05, 0.1) is 5.92 Å². The molecular weight excluding hydrogens is 354 g/mol. The first kappa shape index (κ1) is 29.3. The predicted molar refractivity (Wildman–Crippen MR) is 118 cm³/mol. The maximum absolute atomic E-state index is 10.6. The number of nitrogens with zero attached hydrogens (tertiary/aromatic N) is 1. The number of carboxylic acids is 1. The maximum atomic E-state index is 10.6. The second kappa shape index (κ2) is 15.0. The summed E-state index contributed by atoms with van der Waals surface area (Å²) in [4.78, 5) is 12.2. The molecule has 0 spiro atoms. The smallest absolute Gasteiger partial charge is 0.306 e. The Hall–Kier alpha value is -0.910. The van der Waals surface area contributed by atoms with E-state index >= 15 is 0 Å². The molecule has 0 aliphatic carbocycles. The van der Waals surface area contributed by atoms with Gasteiger partial charge in [0.25, 0.3) is 0 Å². The highest BCUT2D eigenvalue weighted by Gasteiger charge is 2.46. The van der Waals surface area contributed by atoms with Crippen LogP contribution in [0.2, 0.25) is 0 Å². The van der Waals surface area contributed by atoms with Crippen molar-refractivity contribution < 1.29 is 20.1 Å². The first-order valence-electron chi connectivity index (χ1n) is 10.8. The van der Waals surface area contributed by atoms with Crippen molar-refractivity contribution in [2.24, 2.45) is 11.8 Å². The average molecular weight is 402 g/mol. The number of hydrogen-bond acceptors (Lipinski definition) is 4. The minimum Gasteiger partial charge on any atom is -0.481 e. The number of likely N-dealkylation sites (N-methyl/N-ethyl adjacent to an activating group) is 1. The lowest BCUT2D eigenvalue weighted by atomic mass is 9.84. The fourth-order valence-corrected chi connectivity index (χ4v) is 3.35. The van der Waals surface area contributed by atoms with Crippen LogP contribution in [0.5, 0.6) is 0 Å². The van der Waals surface area contributed by atoms with Crippen molar-refractivity contribution in [2.45, 2.75) is 104 Å². The fourth-order valence-electron chi connectivity index (χ4n) is 3.35. The molecule has 5 heteroatoms. The summed E-state index contributed by atoms with van der Waals surface area (Å²) in [6.07, 6.45) is 13.6. The largest absolute Gasteiger partial charge is 0.481 e. The van der Waals surface area contributed by atoms with Crippen LogP contribution in [0.15, 0.2) is 12.2 Å². The van der Waals surface area contributed by atoms with Crippen molar-refractivity contribution in [1.82, 2.24) is 4.90 Å². The number of rotatable bonds is 13. The van der Waals surface area contributed by atoms with E-state index in [0.29, 0.717) is 0 Å². The molecule has 3 N–H and O–H groups in total. The lowest BCUT2D eigenvalue weighted by Gasteiger charge is -2.46. The molecule has 0 heterocycles. The van der Waals surface area contributed by atoms with Gasteiger partial charge < -0.3 is 15.3 Å². The van der Waals surface area contributed by atoms with Gasteiger partial charge in [-0.1, -0.05) is 59.1 Å². The van der Waals surface area contributed by atoms with E-state index in [0.717, 1.165) is 25.7 Å². The van der Waals surface area contributed by atoms with E-state index in [1.165, 1.54) is 25.7 Å². The molecule has 0 aliphatic rings. The Morgan fingerprint density at radius 3 is 1.71 bits per heavy atom. The first-order chi connectivity index (χ1) is 12.8. The van der Waals surface area contributed by atoms with Crippen molar-refractivity contribution in [2.75, 3.05) is 14.1 Å². The number of carboxylic acid groups (broad SMARTS) is 1. The van der Waals surface area contributed by atoms with E-state index in [1.54, 1.807) is 39.8 Å². The quantitative estimate of drug-likeness (QED) is 0.228. The van der Waals surface area contributed by atoms with Crippen molar-refractivity contribution >= 4 is 5.97 Å². The van der Waals surface area contributed by atoms with Gasteiger partial charge in [-0.25, -0.2) is 0 Å². The molecule has 0 aliphatic heterocycles. The molecule has 5 nitrogen and oxygen atoms in total. The molecule has 0 rings (SSSR count). The summed E-state index contributed by atoms with van der Waals surface area (Å²) >= 11 is 0. The molecule has 0 saturated heterocycles. The number of aliphatic carboxylic acids is 1. The van der Waals surface area contributed by atoms with Crippen LogP contribution >= 0.6 is 0 Å². The van der Waals surface area contributed by atoms with Crippen LogP contribution in [0, 0.1) is 11.8 Å². The third-order valence-electron chi connectivity index (χ3n) is 5.21. The summed E-state index contributed by atoms with van der Waals surface area (Å²) in [7, 11) is 3.52. The van der Waals surface area contributed by atoms with E-state index in [-0.39, 0.29) is 11.8 Å². The molecule has 0 fully saturated rings. The van der Waals surface area contributed by atoms with Crippen molar-refractivity contribution in [3.63, 3.8) is 0 Å². The number of aliphatic hydroxyl groups is 2. The van der Waals surface area contributed by atoms with Gasteiger partial charge in [0.1, 0.15) is 11.3 Å². The molecule has 168 valence electrons. The van der Waals surface area contributed by atoms with E-state index in [2.05, 4.69) is 19.1 Å². The zero-order valence-electron chi connectivity index (χ0n) is 19.7. The van der Waals surface area contributed by atoms with Gasteiger partial charge in [-0.15, -0.1) is 0 Å². The summed E-state index contributed by atoms with van der Waals surface area (Å²) in [5.41, 5.74) is -2.29. The number of carbonyl (C=O) groups is 1. The zero-order chi connectivity index (χ0) is 22.4. The third-order valence-corrected chi connectivity index (χ3v) is 5.21. The Morgan fingerprint density at radius 2 is 1.43 bits per heavy atom. The first-order valence-corrected chi connectivity index (χ1v) is 10.8. The Labute approximate surface area is 173 Å². The van der Waals surface area contributed by atoms with E-state index in [9.17, 15) is 15.0 Å². The zero-order valence-corrected chi connectivity index (χ0v) is 19.7. The van der Waals surface area contributed by atoms with Crippen LogP contribution in [0.4, 0.5) is 0 Å². The van der Waals surface area contributed by atoms with Gasteiger partial charge in [0.2, 0.25) is 0 Å². The second-order valence-electron chi connectivity index (χ2n) is 8.83. The minimum atomic E-state index is -1.17. The van der Waals surface area contributed by atoms with E-state index < -0.39 is 17.3 Å². The Balaban J connectivity index is 0. The van der Waals surface area contributed by atoms with Gasteiger partial charge in [-0.05, 0) is 66.0 Å². The summed E-state index contributed by atoms with van der Waals surface area (Å²) in [5.74, 6) is -0.879. The summed E-state index contributed by atoms with van der Waals surface area (Å²) < 4.78 is 0. The minimum absolute atomic E-state index is 0.0208. The molecule has 2 unspecified atom stereocenters. The van der Waals surface area contributed by atoms with Crippen LogP contribution in [-0.2, 0) is 4.79 Å². The molecular formula is C23H47NO4. The summed E-state index contributed by atoms with van der Waals surface area (Å²) in [6.45, 7) is 11.0. The molecule has 0 amide bonds. The molecule has 0 bridgehead atoms. The summed E-state index contributed by atoms with van der Waals surface area (Å²) in [6, 6.07) is 0. The maximum Gasteiger partial charge on any atom is 0.306 e. The van der Waals surface area contributed by atoms with Gasteiger partial charge in [-0.3, -0.25) is 9.69 Å². The normalized spacial score (nSPS) is 15.4. The molecule has 0 aromatic heterocycles. The van der Waals surface area contributed by atoms with Crippen LogP contribution < -0.4 is 0 Å². The van der Waals surface area contributed by atoms with Gasteiger partial charge in [0.15, 0.2) is 0 Å². The third kappa shape index (κ3) is 11.8. The van der Waals surface area contributed by atoms with Crippen molar-refractivity contribution in [3.8, 4) is 0 Å². The number of allylic oxidation sites excluding steroid dienone is 2. The SMILES string of the molecule is CC(C)C(O)(N(C)C)C(C)(C)O.CCCCCC=CCCCCC(C)C(=O)O. The summed E-state index contributed by atoms with van der Waals surface area (Å²) in [5, 5.41) is 28.7. The van der Waals surface area contributed by atoms with Gasteiger partial charge >= 0.3 is 5.97 Å². The van der Waals surface area contributed by atoms with Crippen LogP contribution in [0.1, 0.15) is 92.9 Å². The predicted octanol–water partition coefficient (Wildman–Crippen LogP) is 5.07. The standard InChI is InChI=1S/C14H26O2.C9H21NO2/c1-3-4-5-6-7-8-9-10-11-12-13(2)14(15)16;1-7(2)9(12,10(5)6)8(3,4)11/h7-8,13H,3-6,9-12H2,1-2H3,(H,15,16);7,11-12H,1-6H3. The van der Waals surface area contributed by atoms with Crippen LogP contribution in [0.3, 0.4) is 0 Å². The van der Waals surface area contributed by atoms with E-state index in [4.69, 9.17) is 5.11 Å². The topological polar surface area (TPSA) is 81.0 Å². The Morgan fingerprint density at radius 1 is 0.964 bits per heavy atom. The van der Waals surface area contributed by atoms with Gasteiger partial charge in [0, 0.05) is 0 Å². The van der Waals surface area contributed by atoms with Crippen LogP contribution in [0.25, 0.3) is 0 Å². The second-order valence-corrected chi connectivity index (χ2v) is 8.83. The molecule has 28 heavy (non-hydrogen) atoms. The monoisotopic (exact) mass is 401 g/mol. The molecule has 2 atom stereocenters. The fraction of sp³-hybridized carbons (Fsp3) is 0.870. The Kier molecular flexibility index (Phi) is 15.7. The highest BCUT2D eigenvalue weighted by Crippen LogP contribution is 2.31. The Bertz CT molecular complexity index is 417. The lowest BCUT2D eigenvalue weighted by Crippen LogP contribution is -2.62. The molecule has 0 radical (unpaired) electrons. The number of unbranched alkanes of at least 4 members (excludes halogenated alkanes) is 5. The highest BCUT2D eigenvalue weighted by atomic mass is 16.4. The van der Waals surface area contributed by atoms with Gasteiger partial charge in [-0.2, -0.15) is 0 Å². The van der Waals surface area contributed by atoms with Crippen molar-refractivity contribution in [3.05, 3.63) is 12.2 Å². The number of hydrogen-bond donors (Lipinski definition) is 3. The van der Waals surface area contributed by atoms with Crippen LogP contribution in [-0.4, -0.2) is 51.6 Å². The lowest BCUT2D eigenvalue weighted by molar-refractivity contribution is -0.229.